The predicted octanol–water partition coefficient (Wildman–Crippen LogP) is 4.07. The highest BCUT2D eigenvalue weighted by Gasteiger charge is 2.12. The van der Waals surface area contributed by atoms with E-state index in [1.807, 2.05) is 17.8 Å². The topological polar surface area (TPSA) is 27.1 Å². The number of nitrogens with zero attached hydrogens (tertiary/aromatic N) is 2. The normalized spacial score (nSPS) is 10.6. The largest absolute Gasteiger partial charge is 0.496 e. The fourth-order valence-electron chi connectivity index (χ4n) is 2.57. The van der Waals surface area contributed by atoms with Gasteiger partial charge >= 0.3 is 0 Å². The lowest BCUT2D eigenvalue weighted by molar-refractivity contribution is 0.416. The summed E-state index contributed by atoms with van der Waals surface area (Å²) in [6.45, 7) is 2.12. The van der Waals surface area contributed by atoms with Crippen molar-refractivity contribution in [2.45, 2.75) is 6.92 Å². The zero-order valence-electron chi connectivity index (χ0n) is 12.5. The molecule has 0 fully saturated rings. The van der Waals surface area contributed by atoms with Crippen LogP contribution in [-0.4, -0.2) is 16.7 Å². The number of hydrogen-bond acceptors (Lipinski definition) is 2. The van der Waals surface area contributed by atoms with Crippen molar-refractivity contribution in [2.24, 2.45) is 7.05 Å². The molecule has 1 aromatic heterocycles. The number of aromatic nitrogens is 2. The number of ether oxygens (including phenoxy) is 1. The summed E-state index contributed by atoms with van der Waals surface area (Å²) < 4.78 is 7.56. The van der Waals surface area contributed by atoms with Crippen LogP contribution in [-0.2, 0) is 7.05 Å². The van der Waals surface area contributed by atoms with E-state index >= 15 is 0 Å². The molecule has 3 aromatic rings. The maximum atomic E-state index is 5.57. The van der Waals surface area contributed by atoms with Crippen molar-refractivity contribution in [3.8, 4) is 28.3 Å². The number of imidazole rings is 1. The first-order chi connectivity index (χ1) is 10.2. The lowest BCUT2D eigenvalue weighted by Crippen LogP contribution is -1.95. The van der Waals surface area contributed by atoms with Gasteiger partial charge in [-0.25, -0.2) is 4.98 Å². The Bertz CT molecular complexity index is 774. The smallest absolute Gasteiger partial charge is 0.143 e. The van der Waals surface area contributed by atoms with E-state index in [9.17, 15) is 0 Å². The summed E-state index contributed by atoms with van der Waals surface area (Å²) >= 11 is 0. The lowest BCUT2D eigenvalue weighted by atomic mass is 9.99. The standard InChI is InChI=1S/C18H18N2O/c1-13-6-4-5-7-15(13)14-8-9-16(17(12-14)21-3)18-19-10-11-20(18)2/h4-12H,1-3H3. The molecular weight excluding hydrogens is 260 g/mol. The van der Waals surface area contributed by atoms with Gasteiger partial charge in [-0.05, 0) is 35.7 Å². The van der Waals surface area contributed by atoms with E-state index in [-0.39, 0.29) is 0 Å². The lowest BCUT2D eigenvalue weighted by Gasteiger charge is -2.12. The van der Waals surface area contributed by atoms with Gasteiger partial charge in [-0.1, -0.05) is 30.3 Å². The first-order valence-corrected chi connectivity index (χ1v) is 6.92. The molecule has 3 heteroatoms. The van der Waals surface area contributed by atoms with Crippen molar-refractivity contribution in [3.05, 3.63) is 60.4 Å². The Labute approximate surface area is 124 Å². The Morgan fingerprint density at radius 3 is 2.52 bits per heavy atom. The summed E-state index contributed by atoms with van der Waals surface area (Å²) in [4.78, 5) is 4.40. The minimum atomic E-state index is 0.838. The molecule has 2 aromatic carbocycles. The van der Waals surface area contributed by atoms with Crippen LogP contribution in [0.25, 0.3) is 22.5 Å². The summed E-state index contributed by atoms with van der Waals surface area (Å²) in [6, 6.07) is 14.6. The molecule has 0 atom stereocenters. The molecule has 3 nitrogen and oxygen atoms in total. The van der Waals surface area contributed by atoms with Gasteiger partial charge in [-0.2, -0.15) is 0 Å². The van der Waals surface area contributed by atoms with Crippen LogP contribution in [0.3, 0.4) is 0 Å². The number of hydrogen-bond donors (Lipinski definition) is 0. The molecule has 1 heterocycles. The molecule has 0 unspecified atom stereocenters. The van der Waals surface area contributed by atoms with Crippen LogP contribution in [0, 0.1) is 6.92 Å². The summed E-state index contributed by atoms with van der Waals surface area (Å²) in [5, 5.41) is 0. The SMILES string of the molecule is COc1cc(-c2ccccc2C)ccc1-c1nccn1C. The molecule has 3 rings (SSSR count). The second-order valence-corrected chi connectivity index (χ2v) is 5.09. The van der Waals surface area contributed by atoms with Gasteiger partial charge in [0.05, 0.1) is 12.7 Å². The molecule has 0 amide bonds. The zero-order valence-corrected chi connectivity index (χ0v) is 12.5. The van der Waals surface area contributed by atoms with E-state index in [1.165, 1.54) is 11.1 Å². The Kier molecular flexibility index (Phi) is 3.48. The van der Waals surface area contributed by atoms with Crippen LogP contribution < -0.4 is 4.74 Å². The summed E-state index contributed by atoms with van der Waals surface area (Å²) in [6.07, 6.45) is 3.73. The van der Waals surface area contributed by atoms with E-state index in [4.69, 9.17) is 4.74 Å². The van der Waals surface area contributed by atoms with Crippen molar-refractivity contribution in [1.29, 1.82) is 0 Å². The van der Waals surface area contributed by atoms with Crippen LogP contribution in [0.2, 0.25) is 0 Å². The fourth-order valence-corrected chi connectivity index (χ4v) is 2.57. The summed E-state index contributed by atoms with van der Waals surface area (Å²) in [7, 11) is 3.68. The van der Waals surface area contributed by atoms with Gasteiger partial charge in [0, 0.05) is 19.4 Å². The van der Waals surface area contributed by atoms with Crippen molar-refractivity contribution >= 4 is 0 Å². The van der Waals surface area contributed by atoms with Crippen LogP contribution in [0.15, 0.2) is 54.9 Å². The van der Waals surface area contributed by atoms with E-state index in [0.717, 1.165) is 22.7 Å². The predicted molar refractivity (Wildman–Crippen MR) is 85.4 cm³/mol. The molecule has 0 bridgehead atoms. The average molecular weight is 278 g/mol. The van der Waals surface area contributed by atoms with Gasteiger partial charge in [-0.15, -0.1) is 0 Å². The monoisotopic (exact) mass is 278 g/mol. The second kappa shape index (κ2) is 5.44. The highest BCUT2D eigenvalue weighted by Crippen LogP contribution is 2.34. The van der Waals surface area contributed by atoms with Crippen LogP contribution in [0.4, 0.5) is 0 Å². The van der Waals surface area contributed by atoms with Crippen molar-refractivity contribution in [1.82, 2.24) is 9.55 Å². The highest BCUT2D eigenvalue weighted by atomic mass is 16.5. The van der Waals surface area contributed by atoms with Crippen LogP contribution in [0.5, 0.6) is 5.75 Å². The average Bonchev–Trinajstić information content (AvgIpc) is 2.93. The molecule has 0 aliphatic rings. The Morgan fingerprint density at radius 1 is 1.05 bits per heavy atom. The first-order valence-electron chi connectivity index (χ1n) is 6.92. The Balaban J connectivity index is 2.12. The highest BCUT2D eigenvalue weighted by molar-refractivity contribution is 5.75. The molecule has 0 aliphatic heterocycles. The van der Waals surface area contributed by atoms with Gasteiger partial charge in [0.25, 0.3) is 0 Å². The van der Waals surface area contributed by atoms with Crippen molar-refractivity contribution < 1.29 is 4.74 Å². The minimum Gasteiger partial charge on any atom is -0.496 e. The molecule has 0 saturated carbocycles. The minimum absolute atomic E-state index is 0.838. The third kappa shape index (κ3) is 2.42. The molecule has 0 spiro atoms. The van der Waals surface area contributed by atoms with E-state index in [1.54, 1.807) is 13.3 Å². The van der Waals surface area contributed by atoms with Gasteiger partial charge in [0.15, 0.2) is 0 Å². The third-order valence-corrected chi connectivity index (χ3v) is 3.72. The molecule has 21 heavy (non-hydrogen) atoms. The molecule has 0 radical (unpaired) electrons. The third-order valence-electron chi connectivity index (χ3n) is 3.72. The van der Waals surface area contributed by atoms with Gasteiger partial charge in [0.1, 0.15) is 11.6 Å². The van der Waals surface area contributed by atoms with E-state index in [0.29, 0.717) is 0 Å². The number of benzene rings is 2. The van der Waals surface area contributed by atoms with E-state index in [2.05, 4.69) is 54.4 Å². The van der Waals surface area contributed by atoms with Crippen molar-refractivity contribution in [2.75, 3.05) is 7.11 Å². The molecule has 0 saturated heterocycles. The fraction of sp³-hybridized carbons (Fsp3) is 0.167. The maximum absolute atomic E-state index is 5.57. The molecular formula is C18H18N2O. The van der Waals surface area contributed by atoms with Gasteiger partial charge in [0.2, 0.25) is 0 Å². The summed E-state index contributed by atoms with van der Waals surface area (Å²) in [5.74, 6) is 1.74. The number of rotatable bonds is 3. The van der Waals surface area contributed by atoms with Gasteiger partial charge in [-0.3, -0.25) is 0 Å². The van der Waals surface area contributed by atoms with Crippen LogP contribution in [0.1, 0.15) is 5.56 Å². The van der Waals surface area contributed by atoms with Gasteiger partial charge < -0.3 is 9.30 Å². The maximum Gasteiger partial charge on any atom is 0.143 e. The first kappa shape index (κ1) is 13.4. The Hall–Kier alpha value is -2.55. The zero-order chi connectivity index (χ0) is 14.8. The number of aryl methyl sites for hydroxylation is 2. The van der Waals surface area contributed by atoms with Crippen molar-refractivity contribution in [3.63, 3.8) is 0 Å². The molecule has 0 aliphatic carbocycles. The quantitative estimate of drug-likeness (QED) is 0.722. The Morgan fingerprint density at radius 2 is 1.86 bits per heavy atom. The second-order valence-electron chi connectivity index (χ2n) is 5.09. The number of methoxy groups -OCH3 is 1. The molecule has 0 N–H and O–H groups in total. The molecule has 106 valence electrons. The summed E-state index contributed by atoms with van der Waals surface area (Å²) in [5.41, 5.74) is 4.64. The van der Waals surface area contributed by atoms with E-state index < -0.39 is 0 Å². The van der Waals surface area contributed by atoms with Crippen LogP contribution >= 0.6 is 0 Å².